The Bertz CT molecular complexity index is 266. The van der Waals surface area contributed by atoms with Crippen LogP contribution >= 0.6 is 11.6 Å². The van der Waals surface area contributed by atoms with Crippen LogP contribution in [0.3, 0.4) is 0 Å². The van der Waals surface area contributed by atoms with Gasteiger partial charge in [-0.15, -0.1) is 11.6 Å². The average Bonchev–Trinajstić information content (AvgIpc) is 2.25. The minimum atomic E-state index is 0.371. The van der Waals surface area contributed by atoms with Gasteiger partial charge in [-0.05, 0) is 37.2 Å². The second kappa shape index (κ2) is 7.73. The Hall–Kier alpha value is -0.490. The van der Waals surface area contributed by atoms with Gasteiger partial charge in [-0.2, -0.15) is 0 Å². The van der Waals surface area contributed by atoms with Crippen LogP contribution in [0.15, 0.2) is 30.3 Å². The highest BCUT2D eigenvalue weighted by Crippen LogP contribution is 2.17. The standard InChI is InChI=1S/C15H23Cl/c1-13(2)12-15(16)11-7-6-10-14-8-4-3-5-9-14/h3-5,8-9,13,15H,6-7,10-12H2,1-2H3. The van der Waals surface area contributed by atoms with E-state index in [0.29, 0.717) is 5.38 Å². The molecule has 0 nitrogen and oxygen atoms in total. The fraction of sp³-hybridized carbons (Fsp3) is 0.600. The van der Waals surface area contributed by atoms with Crippen LogP contribution < -0.4 is 0 Å². The molecule has 0 aliphatic rings. The summed E-state index contributed by atoms with van der Waals surface area (Å²) < 4.78 is 0. The van der Waals surface area contributed by atoms with E-state index < -0.39 is 0 Å². The summed E-state index contributed by atoms with van der Waals surface area (Å²) in [5.74, 6) is 0.719. The molecule has 0 bridgehead atoms. The molecule has 0 aromatic heterocycles. The van der Waals surface area contributed by atoms with Crippen molar-refractivity contribution in [2.45, 2.75) is 51.3 Å². The molecular formula is C15H23Cl. The molecule has 1 aromatic rings. The SMILES string of the molecule is CC(C)CC(Cl)CCCCc1ccccc1. The number of hydrogen-bond acceptors (Lipinski definition) is 0. The lowest BCUT2D eigenvalue weighted by Gasteiger charge is -2.11. The first kappa shape index (κ1) is 13.6. The summed E-state index contributed by atoms with van der Waals surface area (Å²) in [6.45, 7) is 4.47. The van der Waals surface area contributed by atoms with Crippen molar-refractivity contribution in [1.29, 1.82) is 0 Å². The number of benzene rings is 1. The summed E-state index contributed by atoms with van der Waals surface area (Å²) in [6.07, 6.45) is 5.99. The lowest BCUT2D eigenvalue weighted by molar-refractivity contribution is 0.526. The van der Waals surface area contributed by atoms with E-state index in [4.69, 9.17) is 11.6 Å². The number of halogens is 1. The molecule has 0 saturated carbocycles. The molecule has 0 aliphatic carbocycles. The highest BCUT2D eigenvalue weighted by Gasteiger charge is 2.06. The van der Waals surface area contributed by atoms with Gasteiger partial charge in [-0.1, -0.05) is 50.6 Å². The molecule has 0 aliphatic heterocycles. The van der Waals surface area contributed by atoms with Crippen LogP contribution in [0.5, 0.6) is 0 Å². The minimum Gasteiger partial charge on any atom is -0.123 e. The maximum atomic E-state index is 6.26. The normalized spacial score (nSPS) is 13.0. The van der Waals surface area contributed by atoms with Crippen molar-refractivity contribution in [3.05, 3.63) is 35.9 Å². The average molecular weight is 239 g/mol. The van der Waals surface area contributed by atoms with Crippen LogP contribution in [-0.2, 0) is 6.42 Å². The van der Waals surface area contributed by atoms with Gasteiger partial charge in [0.2, 0.25) is 0 Å². The lowest BCUT2D eigenvalue weighted by Crippen LogP contribution is -2.03. The van der Waals surface area contributed by atoms with Gasteiger partial charge in [0.05, 0.1) is 0 Å². The summed E-state index contributed by atoms with van der Waals surface area (Å²) in [7, 11) is 0. The first-order valence-corrected chi connectivity index (χ1v) is 6.80. The molecule has 0 heterocycles. The Labute approximate surface area is 105 Å². The van der Waals surface area contributed by atoms with Crippen LogP contribution in [0.2, 0.25) is 0 Å². The van der Waals surface area contributed by atoms with Gasteiger partial charge < -0.3 is 0 Å². The smallest absolute Gasteiger partial charge is 0.0338 e. The summed E-state index contributed by atoms with van der Waals surface area (Å²) in [5.41, 5.74) is 1.44. The summed E-state index contributed by atoms with van der Waals surface area (Å²) in [5, 5.41) is 0.371. The molecule has 0 saturated heterocycles. The van der Waals surface area contributed by atoms with E-state index >= 15 is 0 Å². The fourth-order valence-electron chi connectivity index (χ4n) is 1.97. The molecule has 0 fully saturated rings. The Balaban J connectivity index is 2.08. The van der Waals surface area contributed by atoms with Crippen LogP contribution in [-0.4, -0.2) is 5.38 Å². The monoisotopic (exact) mass is 238 g/mol. The van der Waals surface area contributed by atoms with Crippen LogP contribution in [0.4, 0.5) is 0 Å². The number of rotatable bonds is 7. The van der Waals surface area contributed by atoms with Crippen molar-refractivity contribution in [3.8, 4) is 0 Å². The van der Waals surface area contributed by atoms with E-state index in [1.54, 1.807) is 0 Å². The fourth-order valence-corrected chi connectivity index (χ4v) is 2.48. The number of alkyl halides is 1. The molecule has 0 amide bonds. The molecule has 16 heavy (non-hydrogen) atoms. The van der Waals surface area contributed by atoms with E-state index in [9.17, 15) is 0 Å². The predicted molar refractivity (Wildman–Crippen MR) is 73.1 cm³/mol. The van der Waals surface area contributed by atoms with Crippen molar-refractivity contribution in [1.82, 2.24) is 0 Å². The van der Waals surface area contributed by atoms with E-state index in [2.05, 4.69) is 44.2 Å². The third-order valence-corrected chi connectivity index (χ3v) is 3.20. The van der Waals surface area contributed by atoms with Crippen molar-refractivity contribution < 1.29 is 0 Å². The molecule has 1 rings (SSSR count). The first-order chi connectivity index (χ1) is 7.68. The summed E-state index contributed by atoms with van der Waals surface area (Å²) in [6, 6.07) is 10.7. The molecule has 1 aromatic carbocycles. The highest BCUT2D eigenvalue weighted by atomic mass is 35.5. The molecular weight excluding hydrogens is 216 g/mol. The largest absolute Gasteiger partial charge is 0.123 e. The molecule has 1 unspecified atom stereocenters. The Morgan fingerprint density at radius 1 is 1.06 bits per heavy atom. The maximum absolute atomic E-state index is 6.26. The Morgan fingerprint density at radius 3 is 2.38 bits per heavy atom. The zero-order valence-electron chi connectivity index (χ0n) is 10.5. The Kier molecular flexibility index (Phi) is 6.56. The van der Waals surface area contributed by atoms with Gasteiger partial charge in [0.1, 0.15) is 0 Å². The summed E-state index contributed by atoms with van der Waals surface area (Å²) >= 11 is 6.26. The Morgan fingerprint density at radius 2 is 1.75 bits per heavy atom. The van der Waals surface area contributed by atoms with Crippen LogP contribution in [0, 0.1) is 5.92 Å². The van der Waals surface area contributed by atoms with E-state index in [0.717, 1.165) is 18.8 Å². The number of aryl methyl sites for hydroxylation is 1. The van der Waals surface area contributed by atoms with Crippen molar-refractivity contribution in [3.63, 3.8) is 0 Å². The first-order valence-electron chi connectivity index (χ1n) is 6.36. The minimum absolute atomic E-state index is 0.371. The lowest BCUT2D eigenvalue weighted by atomic mass is 10.0. The molecule has 0 radical (unpaired) electrons. The van der Waals surface area contributed by atoms with Crippen molar-refractivity contribution in [2.24, 2.45) is 5.92 Å². The topological polar surface area (TPSA) is 0 Å². The van der Waals surface area contributed by atoms with E-state index in [-0.39, 0.29) is 0 Å². The second-order valence-corrected chi connectivity index (χ2v) is 5.58. The molecule has 1 heteroatoms. The highest BCUT2D eigenvalue weighted by molar-refractivity contribution is 6.20. The van der Waals surface area contributed by atoms with Gasteiger partial charge in [0.15, 0.2) is 0 Å². The number of unbranched alkanes of at least 4 members (excludes halogenated alkanes) is 1. The van der Waals surface area contributed by atoms with E-state index in [1.165, 1.54) is 24.8 Å². The number of hydrogen-bond donors (Lipinski definition) is 0. The van der Waals surface area contributed by atoms with E-state index in [1.807, 2.05) is 0 Å². The second-order valence-electron chi connectivity index (χ2n) is 4.96. The third-order valence-electron chi connectivity index (χ3n) is 2.80. The molecule has 1 atom stereocenters. The zero-order valence-corrected chi connectivity index (χ0v) is 11.2. The maximum Gasteiger partial charge on any atom is 0.0338 e. The van der Waals surface area contributed by atoms with Gasteiger partial charge in [-0.25, -0.2) is 0 Å². The zero-order chi connectivity index (χ0) is 11.8. The van der Waals surface area contributed by atoms with Gasteiger partial charge in [0, 0.05) is 5.38 Å². The molecule has 0 N–H and O–H groups in total. The van der Waals surface area contributed by atoms with Crippen LogP contribution in [0.1, 0.15) is 45.1 Å². The quantitative estimate of drug-likeness (QED) is 0.461. The molecule has 0 spiro atoms. The van der Waals surface area contributed by atoms with Gasteiger partial charge in [0.25, 0.3) is 0 Å². The molecule has 90 valence electrons. The predicted octanol–water partition coefficient (Wildman–Crippen LogP) is 5.05. The van der Waals surface area contributed by atoms with Crippen molar-refractivity contribution >= 4 is 11.6 Å². The van der Waals surface area contributed by atoms with Crippen LogP contribution in [0.25, 0.3) is 0 Å². The summed E-state index contributed by atoms with van der Waals surface area (Å²) in [4.78, 5) is 0. The van der Waals surface area contributed by atoms with Gasteiger partial charge in [-0.3, -0.25) is 0 Å². The van der Waals surface area contributed by atoms with Gasteiger partial charge >= 0.3 is 0 Å². The van der Waals surface area contributed by atoms with Crippen molar-refractivity contribution in [2.75, 3.05) is 0 Å². The third kappa shape index (κ3) is 6.17.